The third-order valence-corrected chi connectivity index (χ3v) is 4.89. The number of aliphatic hydroxyl groups is 1. The van der Waals surface area contributed by atoms with E-state index in [1.54, 1.807) is 11.5 Å². The van der Waals surface area contributed by atoms with Crippen LogP contribution in [0.15, 0.2) is 6.33 Å². The molecule has 4 unspecified atom stereocenters. The fourth-order valence-electron chi connectivity index (χ4n) is 3.50. The summed E-state index contributed by atoms with van der Waals surface area (Å²) in [6.07, 6.45) is 1.11. The Labute approximate surface area is 131 Å². The summed E-state index contributed by atoms with van der Waals surface area (Å²) in [5.41, 5.74) is 3.97. The fourth-order valence-corrected chi connectivity index (χ4v) is 3.50. The van der Waals surface area contributed by atoms with E-state index in [0.717, 1.165) is 0 Å². The van der Waals surface area contributed by atoms with E-state index in [0.29, 0.717) is 17.8 Å². The summed E-state index contributed by atoms with van der Waals surface area (Å²) in [6, 6.07) is 0. The maximum absolute atomic E-state index is 14.9. The molecular weight excluding hydrogens is 305 g/mol. The maximum atomic E-state index is 14.9. The van der Waals surface area contributed by atoms with Crippen molar-refractivity contribution in [2.45, 2.75) is 37.8 Å². The molecular formula is C14H18FN5O3. The number of hydrogen-bond donors (Lipinski definition) is 2. The molecule has 1 aliphatic carbocycles. The average molecular weight is 323 g/mol. The van der Waals surface area contributed by atoms with Gasteiger partial charge in [0.2, 0.25) is 11.8 Å². The van der Waals surface area contributed by atoms with E-state index in [9.17, 15) is 9.50 Å². The van der Waals surface area contributed by atoms with Gasteiger partial charge in [0.25, 0.3) is 0 Å². The molecule has 124 valence electrons. The number of nitrogens with zero attached hydrogens (tertiary/aromatic N) is 4. The Morgan fingerprint density at radius 3 is 3.00 bits per heavy atom. The number of alkyl halides is 1. The number of aliphatic hydroxyl groups excluding tert-OH is 1. The summed E-state index contributed by atoms with van der Waals surface area (Å²) in [5, 5.41) is 9.48. The molecule has 0 spiro atoms. The first-order chi connectivity index (χ1) is 11.0. The molecule has 0 aromatic carbocycles. The van der Waals surface area contributed by atoms with Crippen LogP contribution in [0.3, 0.4) is 0 Å². The number of fused-ring (bicyclic) bond motifs is 2. The van der Waals surface area contributed by atoms with Gasteiger partial charge in [-0.25, -0.2) is 9.37 Å². The lowest BCUT2D eigenvalue weighted by Crippen LogP contribution is -2.24. The number of aromatic nitrogens is 4. The highest BCUT2D eigenvalue weighted by Gasteiger charge is 2.79. The molecule has 4 atom stereocenters. The Morgan fingerprint density at radius 2 is 2.35 bits per heavy atom. The van der Waals surface area contributed by atoms with Crippen LogP contribution in [0, 0.1) is 5.92 Å². The van der Waals surface area contributed by atoms with Gasteiger partial charge in [-0.05, 0) is 6.92 Å². The smallest absolute Gasteiger partial charge is 0.247 e. The normalized spacial score (nSPS) is 35.5. The zero-order chi connectivity index (χ0) is 16.4. The van der Waals surface area contributed by atoms with Crippen molar-refractivity contribution in [2.75, 3.05) is 18.9 Å². The lowest BCUT2D eigenvalue weighted by molar-refractivity contribution is -0.0698. The lowest BCUT2D eigenvalue weighted by atomic mass is 10.0. The molecule has 1 aliphatic heterocycles. The second-order valence-corrected chi connectivity index (χ2v) is 6.13. The minimum Gasteiger partial charge on any atom is -0.476 e. The third-order valence-electron chi connectivity index (χ3n) is 4.89. The van der Waals surface area contributed by atoms with E-state index in [-0.39, 0.29) is 24.9 Å². The van der Waals surface area contributed by atoms with E-state index in [1.807, 2.05) is 6.92 Å². The Balaban J connectivity index is 1.79. The molecule has 4 rings (SSSR count). The Morgan fingerprint density at radius 1 is 1.57 bits per heavy atom. The number of rotatable bonds is 4. The minimum absolute atomic E-state index is 0.0466. The van der Waals surface area contributed by atoms with Crippen LogP contribution < -0.4 is 10.5 Å². The highest BCUT2D eigenvalue weighted by atomic mass is 19.1. The van der Waals surface area contributed by atoms with Crippen molar-refractivity contribution in [3.63, 3.8) is 0 Å². The summed E-state index contributed by atoms with van der Waals surface area (Å²) in [4.78, 5) is 12.5. The van der Waals surface area contributed by atoms with Crippen molar-refractivity contribution in [3.05, 3.63) is 6.33 Å². The molecule has 0 bridgehead atoms. The standard InChI is InChI=1S/C14H18FN5O3/c1-3-22-10-8-9(18-12(16)19-10)20(6-17-8)11-7(2)14(15)4-13(14,5-21)23-11/h6-7,11,21H,3-5H2,1-2H3,(H2,16,18,19). The first-order valence-corrected chi connectivity index (χ1v) is 7.56. The van der Waals surface area contributed by atoms with Crippen molar-refractivity contribution in [3.8, 4) is 5.88 Å². The molecule has 2 aromatic heterocycles. The van der Waals surface area contributed by atoms with Crippen molar-refractivity contribution in [2.24, 2.45) is 5.92 Å². The van der Waals surface area contributed by atoms with Crippen LogP contribution in [0.25, 0.3) is 11.2 Å². The van der Waals surface area contributed by atoms with Crippen molar-refractivity contribution in [1.29, 1.82) is 0 Å². The van der Waals surface area contributed by atoms with Crippen LogP contribution in [0.5, 0.6) is 5.88 Å². The van der Waals surface area contributed by atoms with Crippen LogP contribution >= 0.6 is 0 Å². The summed E-state index contributed by atoms with van der Waals surface area (Å²) >= 11 is 0. The van der Waals surface area contributed by atoms with Gasteiger partial charge in [-0.3, -0.25) is 4.57 Å². The Bertz CT molecular complexity index is 781. The highest BCUT2D eigenvalue weighted by molar-refractivity contribution is 5.77. The summed E-state index contributed by atoms with van der Waals surface area (Å²) < 4.78 is 27.8. The molecule has 3 heterocycles. The van der Waals surface area contributed by atoms with Gasteiger partial charge in [0.05, 0.1) is 19.5 Å². The zero-order valence-electron chi connectivity index (χ0n) is 12.9. The van der Waals surface area contributed by atoms with Gasteiger partial charge in [-0.1, -0.05) is 6.92 Å². The molecule has 0 amide bonds. The molecule has 8 nitrogen and oxygen atoms in total. The molecule has 2 fully saturated rings. The lowest BCUT2D eigenvalue weighted by Gasteiger charge is -2.21. The number of hydrogen-bond acceptors (Lipinski definition) is 7. The number of nitrogens with two attached hydrogens (primary N) is 1. The first kappa shape index (κ1) is 14.6. The number of imidazole rings is 1. The molecule has 0 radical (unpaired) electrons. The first-order valence-electron chi connectivity index (χ1n) is 7.56. The molecule has 9 heteroatoms. The summed E-state index contributed by atoms with van der Waals surface area (Å²) in [7, 11) is 0. The highest BCUT2D eigenvalue weighted by Crippen LogP contribution is 2.67. The number of halogens is 1. The van der Waals surface area contributed by atoms with Crippen LogP contribution in [-0.2, 0) is 4.74 Å². The summed E-state index contributed by atoms with van der Waals surface area (Å²) in [6.45, 7) is 3.65. The van der Waals surface area contributed by atoms with E-state index < -0.39 is 23.4 Å². The van der Waals surface area contributed by atoms with Crippen LogP contribution in [0.4, 0.5) is 10.3 Å². The zero-order valence-corrected chi connectivity index (χ0v) is 12.9. The SMILES string of the molecule is CCOc1nc(N)nc2c1ncn2C1OC2(CO)CC2(F)C1C. The quantitative estimate of drug-likeness (QED) is 0.857. The topological polar surface area (TPSA) is 108 Å². The largest absolute Gasteiger partial charge is 0.476 e. The van der Waals surface area contributed by atoms with E-state index >= 15 is 0 Å². The van der Waals surface area contributed by atoms with Crippen molar-refractivity contribution in [1.82, 2.24) is 19.5 Å². The Hall–Kier alpha value is -2.00. The predicted octanol–water partition coefficient (Wildman–Crippen LogP) is 0.815. The van der Waals surface area contributed by atoms with Crippen LogP contribution in [-0.4, -0.2) is 49.1 Å². The molecule has 2 aromatic rings. The third kappa shape index (κ3) is 1.74. The molecule has 1 saturated carbocycles. The van der Waals surface area contributed by atoms with Crippen LogP contribution in [0.2, 0.25) is 0 Å². The average Bonchev–Trinajstić information content (AvgIpc) is 2.82. The second-order valence-electron chi connectivity index (χ2n) is 6.13. The molecule has 1 saturated heterocycles. The van der Waals surface area contributed by atoms with Crippen molar-refractivity contribution >= 4 is 17.1 Å². The molecule has 23 heavy (non-hydrogen) atoms. The summed E-state index contributed by atoms with van der Waals surface area (Å²) in [5.74, 6) is -0.111. The van der Waals surface area contributed by atoms with Gasteiger partial charge in [0, 0.05) is 12.3 Å². The minimum atomic E-state index is -1.52. The fraction of sp³-hybridized carbons (Fsp3) is 0.643. The monoisotopic (exact) mass is 323 g/mol. The van der Waals surface area contributed by atoms with Gasteiger partial charge in [0.1, 0.15) is 11.8 Å². The van der Waals surface area contributed by atoms with E-state index in [1.165, 1.54) is 6.33 Å². The van der Waals surface area contributed by atoms with E-state index in [4.69, 9.17) is 15.2 Å². The number of anilines is 1. The van der Waals surface area contributed by atoms with E-state index in [2.05, 4.69) is 15.0 Å². The van der Waals surface area contributed by atoms with Crippen LogP contribution in [0.1, 0.15) is 26.5 Å². The molecule has 3 N–H and O–H groups in total. The second kappa shape index (κ2) is 4.51. The number of ether oxygens (including phenoxy) is 2. The molecule has 2 aliphatic rings. The van der Waals surface area contributed by atoms with Gasteiger partial charge in [-0.2, -0.15) is 9.97 Å². The van der Waals surface area contributed by atoms with Gasteiger partial charge < -0.3 is 20.3 Å². The van der Waals surface area contributed by atoms with Gasteiger partial charge >= 0.3 is 0 Å². The predicted molar refractivity (Wildman–Crippen MR) is 78.5 cm³/mol. The maximum Gasteiger partial charge on any atom is 0.247 e. The van der Waals surface area contributed by atoms with Gasteiger partial charge in [0.15, 0.2) is 16.8 Å². The Kier molecular flexibility index (Phi) is 2.86. The number of nitrogen functional groups attached to an aromatic ring is 1. The van der Waals surface area contributed by atoms with Crippen molar-refractivity contribution < 1.29 is 19.0 Å². The van der Waals surface area contributed by atoms with Gasteiger partial charge in [-0.15, -0.1) is 0 Å².